The summed E-state index contributed by atoms with van der Waals surface area (Å²) in [4.78, 5) is 23.7. The number of aromatic hydroxyl groups is 1. The smallest absolute Gasteiger partial charge is 0.351 e. The Kier molecular flexibility index (Phi) is 3.59. The van der Waals surface area contributed by atoms with Crippen molar-refractivity contribution in [3.05, 3.63) is 50.6 Å². The maximum atomic E-state index is 12.2. The standard InChI is InChI=1S/C14H9ClN2O4S/c1-21-14(20)13-12(19)11-9(22-13)6-10(18)17(16-11)8-4-2-7(15)3-5-8/h2-6,19H,1H3. The molecular formula is C14H9ClN2O4S. The van der Waals surface area contributed by atoms with Crippen molar-refractivity contribution in [3.63, 3.8) is 0 Å². The van der Waals surface area contributed by atoms with E-state index >= 15 is 0 Å². The van der Waals surface area contributed by atoms with Gasteiger partial charge in [-0.1, -0.05) is 11.6 Å². The maximum Gasteiger partial charge on any atom is 0.351 e. The zero-order valence-electron chi connectivity index (χ0n) is 11.2. The van der Waals surface area contributed by atoms with Crippen molar-refractivity contribution >= 4 is 39.1 Å². The molecule has 0 saturated carbocycles. The number of hydrogen-bond donors (Lipinski definition) is 1. The van der Waals surface area contributed by atoms with Crippen LogP contribution >= 0.6 is 22.9 Å². The van der Waals surface area contributed by atoms with Gasteiger partial charge < -0.3 is 9.84 Å². The Hall–Kier alpha value is -2.38. The van der Waals surface area contributed by atoms with E-state index in [4.69, 9.17) is 11.6 Å². The summed E-state index contributed by atoms with van der Waals surface area (Å²) < 4.78 is 6.13. The number of fused-ring (bicyclic) bond motifs is 1. The third-order valence-corrected chi connectivity index (χ3v) is 4.34. The van der Waals surface area contributed by atoms with Gasteiger partial charge in [0.15, 0.2) is 10.6 Å². The molecule has 0 atom stereocenters. The fourth-order valence-electron chi connectivity index (χ4n) is 1.95. The summed E-state index contributed by atoms with van der Waals surface area (Å²) >= 11 is 6.77. The largest absolute Gasteiger partial charge is 0.504 e. The van der Waals surface area contributed by atoms with Crippen LogP contribution in [0, 0.1) is 0 Å². The quantitative estimate of drug-likeness (QED) is 0.727. The molecule has 0 aliphatic carbocycles. The van der Waals surface area contributed by atoms with Crippen LogP contribution in [0.3, 0.4) is 0 Å². The first kappa shape index (κ1) is 14.6. The fraction of sp³-hybridized carbons (Fsp3) is 0.0714. The van der Waals surface area contributed by atoms with Crippen molar-refractivity contribution < 1.29 is 14.6 Å². The molecule has 3 aromatic rings. The van der Waals surface area contributed by atoms with Crippen LogP contribution in [0.15, 0.2) is 35.1 Å². The Balaban J connectivity index is 2.23. The number of thiophene rings is 1. The van der Waals surface area contributed by atoms with Crippen molar-refractivity contribution in [2.75, 3.05) is 7.11 Å². The number of halogens is 1. The molecule has 0 radical (unpaired) electrons. The van der Waals surface area contributed by atoms with Crippen molar-refractivity contribution in [2.45, 2.75) is 0 Å². The number of carbonyl (C=O) groups excluding carboxylic acids is 1. The lowest BCUT2D eigenvalue weighted by molar-refractivity contribution is 0.0603. The lowest BCUT2D eigenvalue weighted by Crippen LogP contribution is -2.19. The Morgan fingerprint density at radius 1 is 1.36 bits per heavy atom. The van der Waals surface area contributed by atoms with Gasteiger partial charge in [-0.25, -0.2) is 4.79 Å². The van der Waals surface area contributed by atoms with E-state index in [1.807, 2.05) is 0 Å². The molecule has 0 spiro atoms. The van der Waals surface area contributed by atoms with E-state index in [1.165, 1.54) is 13.2 Å². The number of rotatable bonds is 2. The third-order valence-electron chi connectivity index (χ3n) is 2.99. The topological polar surface area (TPSA) is 81.4 Å². The van der Waals surface area contributed by atoms with Gasteiger partial charge in [-0.2, -0.15) is 9.78 Å². The number of methoxy groups -OCH3 is 1. The summed E-state index contributed by atoms with van der Waals surface area (Å²) in [5.74, 6) is -0.972. The predicted octanol–water partition coefficient (Wildman–Crippen LogP) is 2.59. The lowest BCUT2D eigenvalue weighted by Gasteiger charge is -2.04. The average molecular weight is 337 g/mol. The molecule has 0 aliphatic heterocycles. The second-order valence-corrected chi connectivity index (χ2v) is 5.84. The SMILES string of the molecule is COC(=O)c1sc2cc(=O)n(-c3ccc(Cl)cc3)nc2c1O. The number of ether oxygens (including phenoxy) is 1. The molecule has 112 valence electrons. The van der Waals surface area contributed by atoms with E-state index in [2.05, 4.69) is 9.84 Å². The van der Waals surface area contributed by atoms with Gasteiger partial charge in [0.05, 0.1) is 17.5 Å². The second-order valence-electron chi connectivity index (χ2n) is 4.36. The van der Waals surface area contributed by atoms with Gasteiger partial charge in [-0.05, 0) is 24.3 Å². The van der Waals surface area contributed by atoms with E-state index in [0.717, 1.165) is 16.0 Å². The van der Waals surface area contributed by atoms with Gasteiger partial charge in [-0.3, -0.25) is 4.79 Å². The van der Waals surface area contributed by atoms with Crippen molar-refractivity contribution in [1.82, 2.24) is 9.78 Å². The summed E-state index contributed by atoms with van der Waals surface area (Å²) in [6, 6.07) is 7.83. The predicted molar refractivity (Wildman–Crippen MR) is 83.2 cm³/mol. The summed E-state index contributed by atoms with van der Waals surface area (Å²) in [7, 11) is 1.21. The van der Waals surface area contributed by atoms with Crippen LogP contribution in [0.4, 0.5) is 0 Å². The molecule has 1 N–H and O–H groups in total. The first-order valence-corrected chi connectivity index (χ1v) is 7.31. The summed E-state index contributed by atoms with van der Waals surface area (Å²) in [5, 5.41) is 14.8. The molecule has 1 aromatic carbocycles. The molecule has 0 fully saturated rings. The number of nitrogens with zero attached hydrogens (tertiary/aromatic N) is 2. The van der Waals surface area contributed by atoms with Crippen LogP contribution in [0.2, 0.25) is 5.02 Å². The Morgan fingerprint density at radius 2 is 2.05 bits per heavy atom. The van der Waals surface area contributed by atoms with Gasteiger partial charge in [0.2, 0.25) is 0 Å². The van der Waals surface area contributed by atoms with Crippen molar-refractivity contribution in [2.24, 2.45) is 0 Å². The molecule has 0 unspecified atom stereocenters. The Labute approximate surface area is 133 Å². The number of esters is 1. The van der Waals surface area contributed by atoms with Crippen LogP contribution in [0.25, 0.3) is 15.9 Å². The van der Waals surface area contributed by atoms with Gasteiger partial charge >= 0.3 is 5.97 Å². The summed E-state index contributed by atoms with van der Waals surface area (Å²) in [6.45, 7) is 0. The fourth-order valence-corrected chi connectivity index (χ4v) is 3.05. The van der Waals surface area contributed by atoms with Crippen LogP contribution in [0.1, 0.15) is 9.67 Å². The number of aromatic nitrogens is 2. The summed E-state index contributed by atoms with van der Waals surface area (Å²) in [6.07, 6.45) is 0. The number of hydrogen-bond acceptors (Lipinski definition) is 6. The van der Waals surface area contributed by atoms with E-state index in [-0.39, 0.29) is 21.7 Å². The van der Waals surface area contributed by atoms with Crippen LogP contribution in [-0.4, -0.2) is 28.0 Å². The van der Waals surface area contributed by atoms with E-state index in [1.54, 1.807) is 24.3 Å². The summed E-state index contributed by atoms with van der Waals surface area (Å²) in [5.41, 5.74) is 0.286. The van der Waals surface area contributed by atoms with Crippen LogP contribution in [0.5, 0.6) is 5.75 Å². The molecular weight excluding hydrogens is 328 g/mol. The minimum atomic E-state index is -0.675. The normalized spacial score (nSPS) is 10.8. The van der Waals surface area contributed by atoms with Gasteiger partial charge in [-0.15, -0.1) is 11.3 Å². The molecule has 3 rings (SSSR count). The first-order valence-electron chi connectivity index (χ1n) is 6.11. The highest BCUT2D eigenvalue weighted by molar-refractivity contribution is 7.21. The molecule has 0 amide bonds. The molecule has 0 aliphatic rings. The zero-order valence-corrected chi connectivity index (χ0v) is 12.8. The van der Waals surface area contributed by atoms with E-state index < -0.39 is 5.97 Å². The number of benzene rings is 1. The van der Waals surface area contributed by atoms with Crippen LogP contribution < -0.4 is 5.56 Å². The minimum Gasteiger partial charge on any atom is -0.504 e. The second kappa shape index (κ2) is 5.43. The molecule has 0 saturated heterocycles. The molecule has 6 nitrogen and oxygen atoms in total. The Morgan fingerprint density at radius 3 is 2.68 bits per heavy atom. The highest BCUT2D eigenvalue weighted by Gasteiger charge is 2.21. The van der Waals surface area contributed by atoms with Gasteiger partial charge in [0.25, 0.3) is 5.56 Å². The zero-order chi connectivity index (χ0) is 15.9. The van der Waals surface area contributed by atoms with Crippen molar-refractivity contribution in [3.8, 4) is 11.4 Å². The average Bonchev–Trinajstić information content (AvgIpc) is 2.83. The molecule has 2 heterocycles. The van der Waals surface area contributed by atoms with E-state index in [0.29, 0.717) is 15.4 Å². The van der Waals surface area contributed by atoms with Crippen molar-refractivity contribution in [1.29, 1.82) is 0 Å². The van der Waals surface area contributed by atoms with E-state index in [9.17, 15) is 14.7 Å². The van der Waals surface area contributed by atoms with Gasteiger partial charge in [0.1, 0.15) is 5.52 Å². The molecule has 2 aromatic heterocycles. The van der Waals surface area contributed by atoms with Gasteiger partial charge in [0, 0.05) is 11.1 Å². The lowest BCUT2D eigenvalue weighted by atomic mass is 10.3. The minimum absolute atomic E-state index is 0.0123. The molecule has 22 heavy (non-hydrogen) atoms. The van der Waals surface area contributed by atoms with Crippen LogP contribution in [-0.2, 0) is 4.74 Å². The molecule has 0 bridgehead atoms. The first-order chi connectivity index (χ1) is 10.5. The Bertz CT molecular complexity index is 930. The molecule has 8 heteroatoms. The monoisotopic (exact) mass is 336 g/mol. The number of carbonyl (C=O) groups is 1. The maximum absolute atomic E-state index is 12.2. The third kappa shape index (κ3) is 2.34. The highest BCUT2D eigenvalue weighted by atomic mass is 35.5. The highest BCUT2D eigenvalue weighted by Crippen LogP contribution is 2.35.